The van der Waals surface area contributed by atoms with Crippen LogP contribution in [0.3, 0.4) is 0 Å². The van der Waals surface area contributed by atoms with Gasteiger partial charge in [-0.3, -0.25) is 24.0 Å². The Bertz CT molecular complexity index is 2170. The number of nitrogens with zero attached hydrogens (tertiary/aromatic N) is 2. The molecule has 318 valence electrons. The summed E-state index contributed by atoms with van der Waals surface area (Å²) >= 11 is 0. The molecule has 0 unspecified atom stereocenters. The van der Waals surface area contributed by atoms with E-state index in [1.807, 2.05) is 54.6 Å². The lowest BCUT2D eigenvalue weighted by atomic mass is 10.1. The van der Waals surface area contributed by atoms with Crippen molar-refractivity contribution in [2.75, 3.05) is 68.3 Å². The van der Waals surface area contributed by atoms with Crippen LogP contribution in [0.15, 0.2) is 121 Å². The molecule has 0 bridgehead atoms. The van der Waals surface area contributed by atoms with E-state index in [0.29, 0.717) is 46.8 Å². The van der Waals surface area contributed by atoms with Crippen molar-refractivity contribution in [3.8, 4) is 11.1 Å². The molecule has 12 nitrogen and oxygen atoms in total. The molecule has 5 N–H and O–H groups in total. The largest absolute Gasteiger partial charge is 0.352 e. The Morgan fingerprint density at radius 2 is 0.754 bits per heavy atom. The van der Waals surface area contributed by atoms with E-state index in [1.54, 1.807) is 66.7 Å². The fourth-order valence-corrected chi connectivity index (χ4v) is 6.72. The van der Waals surface area contributed by atoms with Crippen molar-refractivity contribution in [2.45, 2.75) is 40.5 Å². The molecular weight excluding hydrogens is 767 g/mol. The average Bonchev–Trinajstić information content (AvgIpc) is 3.29. The summed E-state index contributed by atoms with van der Waals surface area (Å²) in [6, 6.07) is 34.9. The van der Waals surface area contributed by atoms with Crippen LogP contribution in [-0.4, -0.2) is 91.7 Å². The lowest BCUT2D eigenvalue weighted by Crippen LogP contribution is -2.31. The summed E-state index contributed by atoms with van der Waals surface area (Å²) in [5.41, 5.74) is 5.10. The molecule has 0 aliphatic carbocycles. The summed E-state index contributed by atoms with van der Waals surface area (Å²) in [5, 5.41) is 14.4. The van der Waals surface area contributed by atoms with Gasteiger partial charge in [-0.15, -0.1) is 0 Å². The van der Waals surface area contributed by atoms with E-state index in [9.17, 15) is 24.0 Å². The van der Waals surface area contributed by atoms with Crippen molar-refractivity contribution >= 4 is 46.6 Å². The van der Waals surface area contributed by atoms with Crippen LogP contribution < -0.4 is 26.6 Å². The molecule has 0 aromatic heterocycles. The minimum absolute atomic E-state index is 0.259. The van der Waals surface area contributed by atoms with Gasteiger partial charge in [0.15, 0.2) is 0 Å². The molecule has 61 heavy (non-hydrogen) atoms. The Kier molecular flexibility index (Phi) is 17.3. The minimum atomic E-state index is -0.457. The molecule has 0 atom stereocenters. The van der Waals surface area contributed by atoms with Crippen molar-refractivity contribution in [3.63, 3.8) is 0 Å². The predicted molar refractivity (Wildman–Crippen MR) is 245 cm³/mol. The van der Waals surface area contributed by atoms with Crippen molar-refractivity contribution in [1.29, 1.82) is 0 Å². The summed E-state index contributed by atoms with van der Waals surface area (Å²) in [7, 11) is 0. The second kappa shape index (κ2) is 23.2. The first-order chi connectivity index (χ1) is 29.6. The van der Waals surface area contributed by atoms with Gasteiger partial charge in [0.1, 0.15) is 0 Å². The fraction of sp³-hybridized carbons (Fsp3) is 0.286. The van der Waals surface area contributed by atoms with Gasteiger partial charge in [-0.2, -0.15) is 0 Å². The number of nitrogens with one attached hydrogen (secondary N) is 5. The van der Waals surface area contributed by atoms with Gasteiger partial charge in [0.25, 0.3) is 29.5 Å². The van der Waals surface area contributed by atoms with Crippen LogP contribution in [0.2, 0.25) is 0 Å². The van der Waals surface area contributed by atoms with Crippen molar-refractivity contribution in [1.82, 2.24) is 20.4 Å². The van der Waals surface area contributed by atoms with E-state index in [-0.39, 0.29) is 34.8 Å². The molecule has 5 aromatic carbocycles. The van der Waals surface area contributed by atoms with Crippen LogP contribution in [0.25, 0.3) is 11.1 Å². The first-order valence-electron chi connectivity index (χ1n) is 21.1. The van der Waals surface area contributed by atoms with Crippen LogP contribution in [0.5, 0.6) is 0 Å². The molecule has 5 amide bonds. The van der Waals surface area contributed by atoms with Gasteiger partial charge in [0.2, 0.25) is 0 Å². The van der Waals surface area contributed by atoms with Gasteiger partial charge in [0, 0.05) is 58.0 Å². The summed E-state index contributed by atoms with van der Waals surface area (Å²) < 4.78 is 0. The number of anilines is 3. The molecule has 0 radical (unpaired) electrons. The summed E-state index contributed by atoms with van der Waals surface area (Å²) in [5.74, 6) is -1.82. The molecule has 0 aliphatic rings. The molecule has 5 rings (SSSR count). The quantitative estimate of drug-likeness (QED) is 0.0470. The van der Waals surface area contributed by atoms with E-state index in [2.05, 4.69) is 64.1 Å². The smallest absolute Gasteiger partial charge is 0.255 e. The number of carbonyl (C=O) groups is 5. The maximum absolute atomic E-state index is 13.4. The summed E-state index contributed by atoms with van der Waals surface area (Å²) in [6.07, 6.45) is 1.55. The van der Waals surface area contributed by atoms with Crippen molar-refractivity contribution in [3.05, 3.63) is 149 Å². The predicted octanol–water partition coefficient (Wildman–Crippen LogP) is 8.03. The van der Waals surface area contributed by atoms with E-state index in [0.717, 1.165) is 63.2 Å². The highest BCUT2D eigenvalue weighted by atomic mass is 16.2. The number of benzene rings is 5. The van der Waals surface area contributed by atoms with Gasteiger partial charge in [0.05, 0.1) is 0 Å². The van der Waals surface area contributed by atoms with Crippen LogP contribution in [-0.2, 0) is 0 Å². The zero-order chi connectivity index (χ0) is 43.6. The Labute approximate surface area is 359 Å². The summed E-state index contributed by atoms with van der Waals surface area (Å²) in [4.78, 5) is 70.6. The molecule has 0 saturated heterocycles. The second-order valence-electron chi connectivity index (χ2n) is 14.5. The Morgan fingerprint density at radius 1 is 0.393 bits per heavy atom. The first-order valence-corrected chi connectivity index (χ1v) is 21.1. The minimum Gasteiger partial charge on any atom is -0.352 e. The van der Waals surface area contributed by atoms with Gasteiger partial charge in [-0.25, -0.2) is 0 Å². The fourth-order valence-electron chi connectivity index (χ4n) is 6.72. The second-order valence-corrected chi connectivity index (χ2v) is 14.5. The maximum atomic E-state index is 13.4. The number of carbonyl (C=O) groups excluding carboxylic acids is 5. The zero-order valence-corrected chi connectivity index (χ0v) is 35.6. The van der Waals surface area contributed by atoms with Gasteiger partial charge in [-0.1, -0.05) is 70.2 Å². The molecule has 12 heteroatoms. The normalized spacial score (nSPS) is 10.9. The molecule has 0 saturated carbocycles. The highest BCUT2D eigenvalue weighted by Crippen LogP contribution is 2.22. The van der Waals surface area contributed by atoms with Crippen molar-refractivity contribution < 1.29 is 24.0 Å². The highest BCUT2D eigenvalue weighted by molar-refractivity contribution is 6.09. The molecular formula is C49H57N7O5. The van der Waals surface area contributed by atoms with E-state index in [4.69, 9.17) is 0 Å². The standard InChI is InChI=1S/C49H57N7O5/c1-5-55(6-2)30-12-28-50-45(57)40-32-41(46(58)51-29-13-31-56(7-3)8-4)34-44(33-40)54-49(61)39-22-26-43(27-23-39)53-48(60)38-18-16-37(17-19-38)47(59)52-42-24-20-36(21-25-42)35-14-10-9-11-15-35/h9-11,14-27,32-34H,5-8,12-13,28-31H2,1-4H3,(H,50,57)(H,51,58)(H,52,59)(H,53,60)(H,54,61). The Morgan fingerprint density at radius 3 is 1.16 bits per heavy atom. The van der Waals surface area contributed by atoms with Crippen LogP contribution in [0.1, 0.15) is 92.3 Å². The number of amides is 5. The maximum Gasteiger partial charge on any atom is 0.255 e. The summed E-state index contributed by atoms with van der Waals surface area (Å²) in [6.45, 7) is 14.8. The van der Waals surface area contributed by atoms with Crippen LogP contribution in [0.4, 0.5) is 17.1 Å². The Hall–Kier alpha value is -6.63. The molecule has 0 heterocycles. The third-order valence-corrected chi connectivity index (χ3v) is 10.4. The van der Waals surface area contributed by atoms with Crippen LogP contribution in [0, 0.1) is 0 Å². The molecule has 0 spiro atoms. The van der Waals surface area contributed by atoms with Gasteiger partial charge in [-0.05, 0) is 142 Å². The van der Waals surface area contributed by atoms with Crippen LogP contribution >= 0.6 is 0 Å². The van der Waals surface area contributed by atoms with E-state index in [1.165, 1.54) is 0 Å². The zero-order valence-electron chi connectivity index (χ0n) is 35.6. The highest BCUT2D eigenvalue weighted by Gasteiger charge is 2.17. The Balaban J connectivity index is 1.18. The van der Waals surface area contributed by atoms with Gasteiger partial charge < -0.3 is 36.4 Å². The van der Waals surface area contributed by atoms with E-state index < -0.39 is 5.91 Å². The lowest BCUT2D eigenvalue weighted by molar-refractivity contribution is 0.0947. The SMILES string of the molecule is CCN(CC)CCCNC(=O)c1cc(NC(=O)c2ccc(NC(=O)c3ccc(C(=O)Nc4ccc(-c5ccccc5)cc4)cc3)cc2)cc(C(=O)NCCCN(CC)CC)c1. The lowest BCUT2D eigenvalue weighted by Gasteiger charge is -2.18. The van der Waals surface area contributed by atoms with E-state index >= 15 is 0 Å². The first kappa shape index (κ1) is 45.5. The molecule has 5 aromatic rings. The molecule has 0 fully saturated rings. The number of hydrogen-bond acceptors (Lipinski definition) is 7. The molecule has 0 aliphatic heterocycles. The number of rotatable bonds is 21. The van der Waals surface area contributed by atoms with Crippen molar-refractivity contribution in [2.24, 2.45) is 0 Å². The average molecular weight is 824 g/mol. The third kappa shape index (κ3) is 13.7. The number of hydrogen-bond donors (Lipinski definition) is 5. The topological polar surface area (TPSA) is 152 Å². The van der Waals surface area contributed by atoms with Gasteiger partial charge >= 0.3 is 0 Å². The third-order valence-electron chi connectivity index (χ3n) is 10.4. The monoisotopic (exact) mass is 823 g/mol.